The molecule has 0 aliphatic rings. The second kappa shape index (κ2) is 18.7. The van der Waals surface area contributed by atoms with Gasteiger partial charge in [0.1, 0.15) is 17.0 Å². The number of nitro groups is 1. The zero-order valence-electron chi connectivity index (χ0n) is 33.0. The average Bonchev–Trinajstić information content (AvgIpc) is 3.46. The summed E-state index contributed by atoms with van der Waals surface area (Å²) in [5.41, 5.74) is 3.19. The summed E-state index contributed by atoms with van der Waals surface area (Å²) in [5.74, 6) is -0.0530. The minimum Gasteiger partial charge on any atom is -0.444 e. The fourth-order valence-corrected chi connectivity index (χ4v) is 4.78. The number of hydrazine groups is 1. The number of nitrogens with zero attached hydrogens (tertiary/aromatic N) is 3. The normalized spacial score (nSPS) is 12.7. The number of nitro benzene ring substituents is 1. The Labute approximate surface area is 312 Å². The van der Waals surface area contributed by atoms with Crippen LogP contribution in [0, 0.1) is 10.1 Å². The predicted molar refractivity (Wildman–Crippen MR) is 200 cm³/mol. The number of nitrogens with one attached hydrogen (secondary N) is 6. The molecule has 6 N–H and O–H groups in total. The number of ether oxygens (including phenoxy) is 2. The second-order valence-electron chi connectivity index (χ2n) is 16.2. The molecule has 1 atom stereocenters. The van der Waals surface area contributed by atoms with E-state index in [1.54, 1.807) is 78.3 Å². The van der Waals surface area contributed by atoms with Gasteiger partial charge in [-0.15, -0.1) is 0 Å². The van der Waals surface area contributed by atoms with Crippen LogP contribution in [0.2, 0.25) is 0 Å². The Kier molecular flexibility index (Phi) is 15.6. The standard InChI is InChI=1S/C36H59N9O8/c1-33(2,3)42-30(47)40-26(18-12-13-19-37-31(48)52-34(4,5)6)28-41-27(23-44(28)24-16-14-17-25(22-24)45(50)51)36(10,11)29(46)43-39-21-15-20-38-32(49)53-35(7,8)9/h14,16-17,22-23,26,39H,12-13,15,18-21H2,1-11H3,(H,37,48)(H,38,49)(H,43,46)(H2,40,42,47)/t26-/m0/s1. The quantitative estimate of drug-likeness (QED) is 0.0727. The zero-order chi connectivity index (χ0) is 40.2. The van der Waals surface area contributed by atoms with Crippen LogP contribution in [-0.4, -0.2) is 75.0 Å². The first-order valence-corrected chi connectivity index (χ1v) is 17.8. The van der Waals surface area contributed by atoms with Gasteiger partial charge >= 0.3 is 18.2 Å². The van der Waals surface area contributed by atoms with Gasteiger partial charge in [-0.2, -0.15) is 0 Å². The number of imidazole rings is 1. The molecule has 1 aromatic heterocycles. The highest BCUT2D eigenvalue weighted by molar-refractivity contribution is 5.86. The van der Waals surface area contributed by atoms with Crippen molar-refractivity contribution in [3.63, 3.8) is 0 Å². The molecule has 0 fully saturated rings. The maximum absolute atomic E-state index is 13.5. The molecule has 0 saturated heterocycles. The largest absolute Gasteiger partial charge is 0.444 e. The van der Waals surface area contributed by atoms with Crippen molar-refractivity contribution in [1.29, 1.82) is 0 Å². The van der Waals surface area contributed by atoms with E-state index in [-0.39, 0.29) is 5.69 Å². The van der Waals surface area contributed by atoms with E-state index < -0.39 is 57.2 Å². The number of unbranched alkanes of at least 4 members (excludes halogenated alkanes) is 1. The van der Waals surface area contributed by atoms with Gasteiger partial charge in [0.05, 0.1) is 27.8 Å². The van der Waals surface area contributed by atoms with Gasteiger partial charge in [-0.3, -0.25) is 20.3 Å². The third-order valence-electron chi connectivity index (χ3n) is 7.30. The lowest BCUT2D eigenvalue weighted by molar-refractivity contribution is -0.384. The van der Waals surface area contributed by atoms with E-state index >= 15 is 0 Å². The summed E-state index contributed by atoms with van der Waals surface area (Å²) < 4.78 is 12.2. The number of carbonyl (C=O) groups is 4. The van der Waals surface area contributed by atoms with Crippen molar-refractivity contribution in [1.82, 2.24) is 41.7 Å². The lowest BCUT2D eigenvalue weighted by Crippen LogP contribution is -2.48. The van der Waals surface area contributed by atoms with Gasteiger partial charge in [0, 0.05) is 43.5 Å². The molecule has 0 aliphatic heterocycles. The van der Waals surface area contributed by atoms with Gasteiger partial charge < -0.3 is 35.3 Å². The number of urea groups is 1. The summed E-state index contributed by atoms with van der Waals surface area (Å²) >= 11 is 0. The predicted octanol–water partition coefficient (Wildman–Crippen LogP) is 5.43. The van der Waals surface area contributed by atoms with Crippen LogP contribution in [0.1, 0.15) is 119 Å². The third kappa shape index (κ3) is 16.1. The number of amides is 5. The van der Waals surface area contributed by atoms with E-state index in [1.807, 2.05) is 20.8 Å². The van der Waals surface area contributed by atoms with E-state index in [2.05, 4.69) is 32.1 Å². The lowest BCUT2D eigenvalue weighted by atomic mass is 9.89. The Bertz CT molecular complexity index is 1570. The van der Waals surface area contributed by atoms with Crippen LogP contribution in [0.4, 0.5) is 20.1 Å². The number of alkyl carbamates (subject to hydrolysis) is 2. The van der Waals surface area contributed by atoms with Crippen LogP contribution in [-0.2, 0) is 19.7 Å². The Hall–Kier alpha value is -4.93. The molecule has 0 saturated carbocycles. The molecule has 0 aliphatic carbocycles. The first-order valence-electron chi connectivity index (χ1n) is 17.8. The summed E-state index contributed by atoms with van der Waals surface area (Å²) in [4.78, 5) is 66.9. The molecule has 1 heterocycles. The van der Waals surface area contributed by atoms with Crippen LogP contribution in [0.3, 0.4) is 0 Å². The van der Waals surface area contributed by atoms with Crippen molar-refractivity contribution < 1.29 is 33.6 Å². The van der Waals surface area contributed by atoms with Gasteiger partial charge in [0.15, 0.2) is 0 Å². The van der Waals surface area contributed by atoms with Gasteiger partial charge in [0.25, 0.3) is 5.69 Å². The molecule has 17 nitrogen and oxygen atoms in total. The van der Waals surface area contributed by atoms with Gasteiger partial charge in [-0.25, -0.2) is 24.8 Å². The molecular formula is C36H59N9O8. The Balaban J connectivity index is 2.35. The molecule has 5 amide bonds. The van der Waals surface area contributed by atoms with Crippen LogP contribution >= 0.6 is 0 Å². The molecule has 0 unspecified atom stereocenters. The second-order valence-corrected chi connectivity index (χ2v) is 16.2. The minimum atomic E-state index is -1.21. The molecule has 0 radical (unpaired) electrons. The Morgan fingerprint density at radius 2 is 1.43 bits per heavy atom. The van der Waals surface area contributed by atoms with Crippen molar-refractivity contribution in [3.8, 4) is 5.69 Å². The van der Waals surface area contributed by atoms with Crippen molar-refractivity contribution in [3.05, 3.63) is 52.1 Å². The monoisotopic (exact) mass is 745 g/mol. The molecule has 296 valence electrons. The van der Waals surface area contributed by atoms with E-state index in [0.717, 1.165) is 0 Å². The van der Waals surface area contributed by atoms with Crippen LogP contribution < -0.4 is 32.1 Å². The van der Waals surface area contributed by atoms with Crippen LogP contribution in [0.5, 0.6) is 0 Å². The highest BCUT2D eigenvalue weighted by Gasteiger charge is 2.35. The molecule has 2 rings (SSSR count). The number of hydrogen-bond acceptors (Lipinski definition) is 10. The topological polar surface area (TPSA) is 220 Å². The van der Waals surface area contributed by atoms with E-state index in [4.69, 9.17) is 14.5 Å². The Morgan fingerprint density at radius 1 is 0.849 bits per heavy atom. The van der Waals surface area contributed by atoms with E-state index in [1.165, 1.54) is 12.1 Å². The smallest absolute Gasteiger partial charge is 0.407 e. The van der Waals surface area contributed by atoms with Crippen molar-refractivity contribution in [2.45, 2.75) is 130 Å². The lowest BCUT2D eigenvalue weighted by Gasteiger charge is -2.25. The third-order valence-corrected chi connectivity index (χ3v) is 7.30. The first kappa shape index (κ1) is 44.2. The maximum atomic E-state index is 13.5. The highest BCUT2D eigenvalue weighted by atomic mass is 16.6. The van der Waals surface area contributed by atoms with Crippen LogP contribution in [0.15, 0.2) is 30.5 Å². The van der Waals surface area contributed by atoms with Crippen molar-refractivity contribution in [2.75, 3.05) is 19.6 Å². The molecule has 17 heteroatoms. The molecule has 1 aromatic carbocycles. The van der Waals surface area contributed by atoms with Gasteiger partial charge in [-0.1, -0.05) is 6.07 Å². The summed E-state index contributed by atoms with van der Waals surface area (Å²) in [7, 11) is 0. The number of aromatic nitrogens is 2. The van der Waals surface area contributed by atoms with Gasteiger partial charge in [-0.05, 0) is 108 Å². The number of non-ortho nitro benzene ring substituents is 1. The fraction of sp³-hybridized carbons (Fsp3) is 0.639. The molecular weight excluding hydrogens is 686 g/mol. The highest BCUT2D eigenvalue weighted by Crippen LogP contribution is 2.30. The van der Waals surface area contributed by atoms with Gasteiger partial charge in [0.2, 0.25) is 5.91 Å². The number of benzene rings is 1. The van der Waals surface area contributed by atoms with Crippen molar-refractivity contribution >= 4 is 29.8 Å². The zero-order valence-corrected chi connectivity index (χ0v) is 33.0. The fourth-order valence-electron chi connectivity index (χ4n) is 4.78. The molecule has 0 spiro atoms. The van der Waals surface area contributed by atoms with Crippen molar-refractivity contribution in [2.24, 2.45) is 0 Å². The maximum Gasteiger partial charge on any atom is 0.407 e. The summed E-state index contributed by atoms with van der Waals surface area (Å²) in [6.07, 6.45) is 2.56. The number of hydrogen-bond donors (Lipinski definition) is 6. The summed E-state index contributed by atoms with van der Waals surface area (Å²) in [5, 5.41) is 23.0. The van der Waals surface area contributed by atoms with Crippen LogP contribution in [0.25, 0.3) is 5.69 Å². The van der Waals surface area contributed by atoms with E-state index in [9.17, 15) is 29.3 Å². The number of carbonyl (C=O) groups excluding carboxylic acids is 4. The molecule has 53 heavy (non-hydrogen) atoms. The first-order chi connectivity index (χ1) is 24.4. The summed E-state index contributed by atoms with van der Waals surface area (Å²) in [6.45, 7) is 20.6. The van der Waals surface area contributed by atoms with E-state index in [0.29, 0.717) is 62.5 Å². The average molecular weight is 746 g/mol. The summed E-state index contributed by atoms with van der Waals surface area (Å²) in [6, 6.07) is 4.84. The molecule has 2 aromatic rings. The minimum absolute atomic E-state index is 0.144. The molecule has 0 bridgehead atoms. The Morgan fingerprint density at radius 3 is 1.98 bits per heavy atom. The SMILES string of the molecule is CC(C)(C)NC(=O)N[C@@H](CCCCNC(=O)OC(C)(C)C)c1nc(C(C)(C)C(=O)NNCCCNC(=O)OC(C)(C)C)cn1-c1cccc([N+](=O)[O-])c1. The number of rotatable bonds is 16.